The summed E-state index contributed by atoms with van der Waals surface area (Å²) in [6, 6.07) is 14.3. The Bertz CT molecular complexity index is 1330. The SMILES string of the molecule is COCC(=O)N1C(c2ccc(F)cc2)C(C(=O)c2ccc(Cl)s2)C(c2cccc(OC)c2)C1(C)C(=O)O. The Morgan fingerprint density at radius 1 is 1.08 bits per heavy atom. The molecular formula is C27H25ClFNO6S. The van der Waals surface area contributed by atoms with Gasteiger partial charge < -0.3 is 19.5 Å². The molecule has 37 heavy (non-hydrogen) atoms. The molecule has 4 unspecified atom stereocenters. The molecule has 1 aromatic heterocycles. The molecule has 0 radical (unpaired) electrons. The van der Waals surface area contributed by atoms with Crippen LogP contribution < -0.4 is 4.74 Å². The number of amides is 1. The molecule has 1 aliphatic heterocycles. The minimum absolute atomic E-state index is 0.323. The summed E-state index contributed by atoms with van der Waals surface area (Å²) in [4.78, 5) is 42.3. The van der Waals surface area contributed by atoms with E-state index >= 15 is 0 Å². The second kappa shape index (κ2) is 10.6. The second-order valence-electron chi connectivity index (χ2n) is 8.89. The Hall–Kier alpha value is -3.27. The summed E-state index contributed by atoms with van der Waals surface area (Å²) in [5.41, 5.74) is -0.947. The molecule has 4 rings (SSSR count). The lowest BCUT2D eigenvalue weighted by Gasteiger charge is -2.37. The molecule has 1 fully saturated rings. The van der Waals surface area contributed by atoms with E-state index < -0.39 is 47.7 Å². The molecule has 1 saturated heterocycles. The number of methoxy groups -OCH3 is 2. The number of aliphatic carboxylic acids is 1. The number of carbonyl (C=O) groups excluding carboxylic acids is 2. The van der Waals surface area contributed by atoms with Gasteiger partial charge in [0.25, 0.3) is 0 Å². The minimum Gasteiger partial charge on any atom is -0.497 e. The molecule has 0 saturated carbocycles. The Morgan fingerprint density at radius 3 is 2.35 bits per heavy atom. The summed E-state index contributed by atoms with van der Waals surface area (Å²) in [6.07, 6.45) is 0. The quantitative estimate of drug-likeness (QED) is 0.391. The molecule has 0 bridgehead atoms. The van der Waals surface area contributed by atoms with E-state index in [0.29, 0.717) is 26.1 Å². The predicted octanol–water partition coefficient (Wildman–Crippen LogP) is 5.21. The number of rotatable bonds is 8. The molecule has 2 aromatic carbocycles. The maximum absolute atomic E-state index is 14.2. The molecule has 3 aromatic rings. The third-order valence-corrected chi connectivity index (χ3v) is 8.08. The maximum Gasteiger partial charge on any atom is 0.330 e. The van der Waals surface area contributed by atoms with Crippen LogP contribution in [0.25, 0.3) is 0 Å². The van der Waals surface area contributed by atoms with Crippen LogP contribution in [-0.2, 0) is 14.3 Å². The van der Waals surface area contributed by atoms with E-state index in [4.69, 9.17) is 21.1 Å². The van der Waals surface area contributed by atoms with Crippen molar-refractivity contribution in [2.45, 2.75) is 24.4 Å². The highest BCUT2D eigenvalue weighted by atomic mass is 35.5. The van der Waals surface area contributed by atoms with Crippen LogP contribution in [0.4, 0.5) is 4.39 Å². The number of carbonyl (C=O) groups is 3. The number of carboxylic acid groups (broad SMARTS) is 1. The number of thiophene rings is 1. The number of ketones is 1. The highest BCUT2D eigenvalue weighted by Gasteiger charge is 2.64. The van der Waals surface area contributed by atoms with Gasteiger partial charge in [-0.05, 0) is 54.4 Å². The number of halogens is 2. The largest absolute Gasteiger partial charge is 0.497 e. The van der Waals surface area contributed by atoms with Gasteiger partial charge in [0.15, 0.2) is 5.78 Å². The van der Waals surface area contributed by atoms with Crippen LogP contribution in [0.1, 0.15) is 39.7 Å². The van der Waals surface area contributed by atoms with E-state index in [1.165, 1.54) is 50.3 Å². The standard InChI is InChI=1S/C27H25ClFNO6S/c1-27(26(33)34)23(16-5-4-6-18(13-16)36-3)22(25(32)19-11-12-20(28)37-19)24(30(27)21(31)14-35-2)15-7-9-17(29)10-8-15/h4-13,22-24H,14H2,1-3H3,(H,33,34). The molecule has 194 valence electrons. The maximum atomic E-state index is 14.2. The van der Waals surface area contributed by atoms with Crippen LogP contribution in [0.15, 0.2) is 60.7 Å². The van der Waals surface area contributed by atoms with Crippen molar-refractivity contribution in [1.29, 1.82) is 0 Å². The van der Waals surface area contributed by atoms with Crippen molar-refractivity contribution in [2.75, 3.05) is 20.8 Å². The molecule has 4 atom stereocenters. The van der Waals surface area contributed by atoms with E-state index in [9.17, 15) is 23.9 Å². The zero-order valence-electron chi connectivity index (χ0n) is 20.3. The van der Waals surface area contributed by atoms with Gasteiger partial charge in [-0.25, -0.2) is 9.18 Å². The fourth-order valence-electron chi connectivity index (χ4n) is 5.26. The highest BCUT2D eigenvalue weighted by molar-refractivity contribution is 7.18. The molecule has 1 N–H and O–H groups in total. The van der Waals surface area contributed by atoms with Crippen molar-refractivity contribution >= 4 is 40.6 Å². The summed E-state index contributed by atoms with van der Waals surface area (Å²) in [6.45, 7) is 1.02. The molecule has 2 heterocycles. The van der Waals surface area contributed by atoms with Crippen molar-refractivity contribution in [3.63, 3.8) is 0 Å². The molecule has 10 heteroatoms. The average Bonchev–Trinajstić information content (AvgIpc) is 3.44. The number of Topliss-reactive ketones (excluding diaryl/α,β-unsaturated/α-hetero) is 1. The van der Waals surface area contributed by atoms with Gasteiger partial charge in [-0.1, -0.05) is 35.9 Å². The van der Waals surface area contributed by atoms with Gasteiger partial charge >= 0.3 is 5.97 Å². The third kappa shape index (κ3) is 4.74. The first-order valence-electron chi connectivity index (χ1n) is 11.4. The van der Waals surface area contributed by atoms with Crippen LogP contribution in [-0.4, -0.2) is 54.0 Å². The lowest BCUT2D eigenvalue weighted by Crippen LogP contribution is -2.55. The number of carboxylic acids is 1. The van der Waals surface area contributed by atoms with Gasteiger partial charge in [0.05, 0.1) is 28.3 Å². The van der Waals surface area contributed by atoms with E-state index in [1.54, 1.807) is 36.4 Å². The first kappa shape index (κ1) is 26.8. The van der Waals surface area contributed by atoms with Crippen molar-refractivity contribution < 1.29 is 33.4 Å². The smallest absolute Gasteiger partial charge is 0.330 e. The Labute approximate surface area is 222 Å². The minimum atomic E-state index is -1.87. The first-order chi connectivity index (χ1) is 17.6. The topological polar surface area (TPSA) is 93.1 Å². The fourth-order valence-corrected chi connectivity index (χ4v) is 6.29. The average molecular weight is 546 g/mol. The number of nitrogens with zero attached hydrogens (tertiary/aromatic N) is 1. The van der Waals surface area contributed by atoms with Crippen molar-refractivity contribution in [1.82, 2.24) is 4.90 Å². The van der Waals surface area contributed by atoms with Gasteiger partial charge in [-0.15, -0.1) is 11.3 Å². The zero-order chi connectivity index (χ0) is 26.9. The van der Waals surface area contributed by atoms with Gasteiger partial charge in [-0.2, -0.15) is 0 Å². The van der Waals surface area contributed by atoms with Crippen LogP contribution in [0, 0.1) is 11.7 Å². The molecule has 7 nitrogen and oxygen atoms in total. The fraction of sp³-hybridized carbons (Fsp3) is 0.296. The van der Waals surface area contributed by atoms with Gasteiger partial charge in [0, 0.05) is 13.0 Å². The number of hydrogen-bond donors (Lipinski definition) is 1. The van der Waals surface area contributed by atoms with Crippen molar-refractivity contribution in [3.8, 4) is 5.75 Å². The number of ether oxygens (including phenoxy) is 2. The summed E-state index contributed by atoms with van der Waals surface area (Å²) in [5, 5.41) is 10.6. The predicted molar refractivity (Wildman–Crippen MR) is 137 cm³/mol. The van der Waals surface area contributed by atoms with E-state index in [2.05, 4.69) is 0 Å². The van der Waals surface area contributed by atoms with Crippen LogP contribution >= 0.6 is 22.9 Å². The van der Waals surface area contributed by atoms with Gasteiger partial charge in [0.1, 0.15) is 23.7 Å². The van der Waals surface area contributed by atoms with E-state index in [0.717, 1.165) is 11.3 Å². The Kier molecular flexibility index (Phi) is 7.68. The highest BCUT2D eigenvalue weighted by Crippen LogP contribution is 2.57. The molecule has 1 amide bonds. The Morgan fingerprint density at radius 2 is 1.78 bits per heavy atom. The lowest BCUT2D eigenvalue weighted by atomic mass is 9.72. The Balaban J connectivity index is 2.04. The first-order valence-corrected chi connectivity index (χ1v) is 12.6. The van der Waals surface area contributed by atoms with Gasteiger partial charge in [-0.3, -0.25) is 9.59 Å². The molecule has 0 aliphatic carbocycles. The zero-order valence-corrected chi connectivity index (χ0v) is 21.9. The van der Waals surface area contributed by atoms with E-state index in [-0.39, 0.29) is 5.78 Å². The van der Waals surface area contributed by atoms with Gasteiger partial charge in [0.2, 0.25) is 5.91 Å². The monoisotopic (exact) mass is 545 g/mol. The summed E-state index contributed by atoms with van der Waals surface area (Å²) < 4.78 is 24.7. The molecular weight excluding hydrogens is 521 g/mol. The number of benzene rings is 2. The van der Waals surface area contributed by atoms with Crippen LogP contribution in [0.5, 0.6) is 5.75 Å². The van der Waals surface area contributed by atoms with Crippen LogP contribution in [0.2, 0.25) is 4.34 Å². The molecule has 0 spiro atoms. The van der Waals surface area contributed by atoms with Crippen LogP contribution in [0.3, 0.4) is 0 Å². The third-order valence-electron chi connectivity index (χ3n) is 6.84. The normalized spacial score (nSPS) is 23.2. The van der Waals surface area contributed by atoms with Crippen molar-refractivity contribution in [3.05, 3.63) is 86.8 Å². The van der Waals surface area contributed by atoms with E-state index in [1.807, 2.05) is 0 Å². The summed E-state index contributed by atoms with van der Waals surface area (Å²) in [7, 11) is 2.81. The second-order valence-corrected chi connectivity index (χ2v) is 10.6. The molecule has 1 aliphatic rings. The summed E-state index contributed by atoms with van der Waals surface area (Å²) >= 11 is 7.21. The number of likely N-dealkylation sites (tertiary alicyclic amines) is 1. The summed E-state index contributed by atoms with van der Waals surface area (Å²) in [5.74, 6) is -4.37. The lowest BCUT2D eigenvalue weighted by molar-refractivity contribution is -0.159. The van der Waals surface area contributed by atoms with Crippen molar-refractivity contribution in [2.24, 2.45) is 5.92 Å². The number of hydrogen-bond acceptors (Lipinski definition) is 6.